The molecule has 0 bridgehead atoms. The predicted molar refractivity (Wildman–Crippen MR) is 67.8 cm³/mol. The summed E-state index contributed by atoms with van der Waals surface area (Å²) in [5, 5.41) is 11.8. The lowest BCUT2D eigenvalue weighted by Gasteiger charge is -2.07. The Morgan fingerprint density at radius 2 is 1.89 bits per heavy atom. The molecule has 0 saturated carbocycles. The predicted octanol–water partition coefficient (Wildman–Crippen LogP) is 2.54. The summed E-state index contributed by atoms with van der Waals surface area (Å²) in [6, 6.07) is 11.5. The maximum absolute atomic E-state index is 11.8. The van der Waals surface area contributed by atoms with Gasteiger partial charge in [-0.1, -0.05) is 18.2 Å². The number of rotatable bonds is 1. The Morgan fingerprint density at radius 1 is 1.11 bits per heavy atom. The number of nitrogens with one attached hydrogen (secondary N) is 1. The summed E-state index contributed by atoms with van der Waals surface area (Å²) in [5.41, 5.74) is 1.06. The van der Waals surface area contributed by atoms with E-state index in [9.17, 15) is 14.9 Å². The van der Waals surface area contributed by atoms with Crippen molar-refractivity contribution in [2.75, 3.05) is 0 Å². The smallest absolute Gasteiger partial charge is 0.293 e. The number of hydrogen-bond donors (Lipinski definition) is 1. The van der Waals surface area contributed by atoms with Crippen molar-refractivity contribution in [1.29, 1.82) is 0 Å². The molecule has 1 aliphatic heterocycles. The quantitative estimate of drug-likeness (QED) is 0.403. The van der Waals surface area contributed by atoms with Gasteiger partial charge < -0.3 is 4.98 Å². The van der Waals surface area contributed by atoms with Gasteiger partial charge >= 0.3 is 0 Å². The van der Waals surface area contributed by atoms with Gasteiger partial charge in [0, 0.05) is 11.6 Å². The van der Waals surface area contributed by atoms with Crippen LogP contribution in [0.3, 0.4) is 0 Å². The average Bonchev–Trinajstić information content (AvgIpc) is 2.37. The fourth-order valence-electron chi connectivity index (χ4n) is 2.04. The Kier molecular flexibility index (Phi) is 2.13. The van der Waals surface area contributed by atoms with E-state index in [1.165, 1.54) is 12.1 Å². The molecule has 0 atom stereocenters. The first-order chi connectivity index (χ1) is 8.66. The maximum atomic E-state index is 11.8. The SMILES string of the molecule is O=c1ccc([N+](=O)[O-])c2[nH]c3ccccc3cc1-2. The molecule has 3 rings (SSSR count). The Balaban J connectivity index is 2.51. The van der Waals surface area contributed by atoms with E-state index in [0.717, 1.165) is 10.9 Å². The van der Waals surface area contributed by atoms with Gasteiger partial charge in [0.2, 0.25) is 0 Å². The van der Waals surface area contributed by atoms with Gasteiger partial charge in [-0.05, 0) is 23.6 Å². The lowest BCUT2D eigenvalue weighted by molar-refractivity contribution is -0.384. The van der Waals surface area contributed by atoms with Crippen LogP contribution in [0.5, 0.6) is 0 Å². The molecule has 0 amide bonds. The minimum atomic E-state index is -0.493. The lowest BCUT2D eigenvalue weighted by atomic mass is 10.0. The van der Waals surface area contributed by atoms with Gasteiger partial charge in [0.15, 0.2) is 5.43 Å². The third kappa shape index (κ3) is 1.45. The second kappa shape index (κ2) is 3.66. The summed E-state index contributed by atoms with van der Waals surface area (Å²) >= 11 is 0. The maximum Gasteiger partial charge on any atom is 0.293 e. The number of hydrogen-bond acceptors (Lipinski definition) is 3. The van der Waals surface area contributed by atoms with Crippen LogP contribution in [-0.4, -0.2) is 9.91 Å². The molecular weight excluding hydrogens is 232 g/mol. The first-order valence-electron chi connectivity index (χ1n) is 5.36. The van der Waals surface area contributed by atoms with Crippen LogP contribution in [0.2, 0.25) is 0 Å². The third-order valence-electron chi connectivity index (χ3n) is 2.90. The first kappa shape index (κ1) is 10.5. The molecule has 18 heavy (non-hydrogen) atoms. The number of benzene rings is 2. The van der Waals surface area contributed by atoms with Gasteiger partial charge in [-0.3, -0.25) is 14.9 Å². The molecule has 0 aromatic heterocycles. The van der Waals surface area contributed by atoms with Crippen molar-refractivity contribution in [2.45, 2.75) is 0 Å². The first-order valence-corrected chi connectivity index (χ1v) is 5.36. The van der Waals surface area contributed by atoms with E-state index in [0.29, 0.717) is 5.56 Å². The highest BCUT2D eigenvalue weighted by molar-refractivity contribution is 5.87. The second-order valence-corrected chi connectivity index (χ2v) is 3.99. The van der Waals surface area contributed by atoms with E-state index in [2.05, 4.69) is 4.98 Å². The van der Waals surface area contributed by atoms with E-state index in [4.69, 9.17) is 0 Å². The molecule has 0 fully saturated rings. The Bertz CT molecular complexity index is 792. The fraction of sp³-hybridized carbons (Fsp3) is 0. The van der Waals surface area contributed by atoms with Crippen LogP contribution >= 0.6 is 0 Å². The number of aromatic amines is 1. The van der Waals surface area contributed by atoms with Crippen LogP contribution in [0, 0.1) is 10.1 Å². The molecule has 5 heteroatoms. The lowest BCUT2D eigenvalue weighted by Crippen LogP contribution is -2.08. The van der Waals surface area contributed by atoms with E-state index < -0.39 is 4.92 Å². The van der Waals surface area contributed by atoms with Crippen molar-refractivity contribution in [3.63, 3.8) is 0 Å². The van der Waals surface area contributed by atoms with E-state index in [1.807, 2.05) is 24.3 Å². The molecule has 0 spiro atoms. The monoisotopic (exact) mass is 240 g/mol. The van der Waals surface area contributed by atoms with Crippen molar-refractivity contribution < 1.29 is 4.92 Å². The highest BCUT2D eigenvalue weighted by atomic mass is 16.6. The molecule has 0 unspecified atom stereocenters. The summed E-state index contributed by atoms with van der Waals surface area (Å²) in [7, 11) is 0. The summed E-state index contributed by atoms with van der Waals surface area (Å²) in [6.45, 7) is 0. The molecule has 5 nitrogen and oxygen atoms in total. The Labute approximate surface area is 101 Å². The van der Waals surface area contributed by atoms with Gasteiger partial charge in [0.05, 0.1) is 10.5 Å². The fourth-order valence-corrected chi connectivity index (χ4v) is 2.04. The molecule has 2 aliphatic rings. The highest BCUT2D eigenvalue weighted by Crippen LogP contribution is 2.29. The molecule has 1 aromatic carbocycles. The number of nitro groups is 1. The van der Waals surface area contributed by atoms with Crippen LogP contribution in [0.25, 0.3) is 22.2 Å². The van der Waals surface area contributed by atoms with Crippen LogP contribution in [0.4, 0.5) is 5.69 Å². The van der Waals surface area contributed by atoms with E-state index >= 15 is 0 Å². The van der Waals surface area contributed by atoms with Crippen molar-refractivity contribution >= 4 is 16.6 Å². The number of H-pyrrole nitrogens is 1. The van der Waals surface area contributed by atoms with Crippen molar-refractivity contribution in [3.05, 3.63) is 62.8 Å². The molecule has 1 aliphatic carbocycles. The third-order valence-corrected chi connectivity index (χ3v) is 2.90. The molecule has 0 radical (unpaired) electrons. The van der Waals surface area contributed by atoms with Crippen molar-refractivity contribution in [3.8, 4) is 11.3 Å². The zero-order chi connectivity index (χ0) is 12.7. The average molecular weight is 240 g/mol. The minimum Gasteiger partial charge on any atom is -0.349 e. The van der Waals surface area contributed by atoms with Crippen LogP contribution in [0.15, 0.2) is 47.3 Å². The van der Waals surface area contributed by atoms with Gasteiger partial charge in [0.1, 0.15) is 5.69 Å². The largest absolute Gasteiger partial charge is 0.349 e. The van der Waals surface area contributed by atoms with Crippen molar-refractivity contribution in [1.82, 2.24) is 4.98 Å². The summed E-state index contributed by atoms with van der Waals surface area (Å²) in [5.74, 6) is 0. The zero-order valence-corrected chi connectivity index (χ0v) is 9.21. The molecule has 88 valence electrons. The summed E-state index contributed by atoms with van der Waals surface area (Å²) in [6.07, 6.45) is 0. The summed E-state index contributed by atoms with van der Waals surface area (Å²) < 4.78 is 0. The standard InChI is InChI=1S/C13H8N2O3/c16-12-6-5-11(15(17)18)13-9(12)7-8-3-1-2-4-10(8)14-13/h1-7,14H. The number of nitro benzene ring substituents is 1. The van der Waals surface area contributed by atoms with Crippen LogP contribution < -0.4 is 5.43 Å². The number of pyridine rings is 1. The van der Waals surface area contributed by atoms with Gasteiger partial charge in [-0.25, -0.2) is 0 Å². The molecular formula is C13H8N2O3. The second-order valence-electron chi connectivity index (χ2n) is 3.99. The number of para-hydroxylation sites is 1. The van der Waals surface area contributed by atoms with Crippen LogP contribution in [0.1, 0.15) is 0 Å². The Hall–Kier alpha value is -2.69. The van der Waals surface area contributed by atoms with Gasteiger partial charge in [-0.2, -0.15) is 0 Å². The van der Waals surface area contributed by atoms with Gasteiger partial charge in [-0.15, -0.1) is 0 Å². The minimum absolute atomic E-state index is 0.0876. The number of nitrogens with zero attached hydrogens (tertiary/aromatic N) is 1. The highest BCUT2D eigenvalue weighted by Gasteiger charge is 2.20. The molecule has 1 N–H and O–H groups in total. The normalized spacial score (nSPS) is 10.9. The summed E-state index contributed by atoms with van der Waals surface area (Å²) in [4.78, 5) is 25.2. The number of aromatic nitrogens is 1. The van der Waals surface area contributed by atoms with Crippen molar-refractivity contribution in [2.24, 2.45) is 0 Å². The topological polar surface area (TPSA) is 76.0 Å². The zero-order valence-electron chi connectivity index (χ0n) is 9.21. The van der Waals surface area contributed by atoms with E-state index in [-0.39, 0.29) is 16.8 Å². The number of fused-ring (bicyclic) bond motifs is 2. The van der Waals surface area contributed by atoms with Crippen LogP contribution in [-0.2, 0) is 0 Å². The molecule has 0 saturated heterocycles. The van der Waals surface area contributed by atoms with E-state index in [1.54, 1.807) is 6.07 Å². The molecule has 1 heterocycles. The molecule has 1 aromatic rings. The Morgan fingerprint density at radius 3 is 2.67 bits per heavy atom. The van der Waals surface area contributed by atoms with Gasteiger partial charge in [0.25, 0.3) is 5.69 Å².